The maximum Gasteiger partial charge on any atom is 0.221 e. The molecule has 128 valence electrons. The molecule has 0 fully saturated rings. The molecule has 0 radical (unpaired) electrons. The van der Waals surface area contributed by atoms with Crippen molar-refractivity contribution in [1.29, 1.82) is 0 Å². The third-order valence-corrected chi connectivity index (χ3v) is 4.32. The Morgan fingerprint density at radius 3 is 3.08 bits per heavy atom. The zero-order valence-corrected chi connectivity index (χ0v) is 14.1. The van der Waals surface area contributed by atoms with Crippen LogP contribution in [0.1, 0.15) is 17.7 Å². The molecule has 0 spiro atoms. The number of fused-ring (bicyclic) bond motifs is 1. The fourth-order valence-electron chi connectivity index (χ4n) is 2.86. The Bertz CT molecular complexity index is 711. The van der Waals surface area contributed by atoms with Gasteiger partial charge in [-0.25, -0.2) is 0 Å². The van der Waals surface area contributed by atoms with Crippen LogP contribution in [0.25, 0.3) is 0 Å². The maximum atomic E-state index is 12.0. The van der Waals surface area contributed by atoms with E-state index in [4.69, 9.17) is 9.47 Å². The zero-order chi connectivity index (χ0) is 16.9. The molecule has 0 saturated heterocycles. The number of aryl methyl sites for hydroxylation is 2. The van der Waals surface area contributed by atoms with Gasteiger partial charge in [-0.3, -0.25) is 9.48 Å². The van der Waals surface area contributed by atoms with E-state index in [1.165, 1.54) is 0 Å². The van der Waals surface area contributed by atoms with Gasteiger partial charge in [-0.2, -0.15) is 5.10 Å². The average molecular weight is 329 g/mol. The van der Waals surface area contributed by atoms with Crippen molar-refractivity contribution in [3.63, 3.8) is 0 Å². The molecular formula is C18H23N3O3. The van der Waals surface area contributed by atoms with Gasteiger partial charge in [0, 0.05) is 43.4 Å². The number of aromatic nitrogens is 2. The molecule has 6 nitrogen and oxygen atoms in total. The van der Waals surface area contributed by atoms with E-state index < -0.39 is 0 Å². The van der Waals surface area contributed by atoms with Gasteiger partial charge in [0.15, 0.2) is 0 Å². The van der Waals surface area contributed by atoms with Crippen LogP contribution in [0, 0.1) is 12.8 Å². The number of methoxy groups -OCH3 is 1. The first kappa shape index (κ1) is 16.4. The van der Waals surface area contributed by atoms with E-state index in [0.717, 1.165) is 29.2 Å². The van der Waals surface area contributed by atoms with Gasteiger partial charge in [-0.15, -0.1) is 0 Å². The van der Waals surface area contributed by atoms with Gasteiger partial charge in [0.05, 0.1) is 13.7 Å². The first-order valence-corrected chi connectivity index (χ1v) is 8.20. The summed E-state index contributed by atoms with van der Waals surface area (Å²) in [7, 11) is 1.65. The predicted octanol–water partition coefficient (Wildman–Crippen LogP) is 1.96. The van der Waals surface area contributed by atoms with E-state index in [9.17, 15) is 4.79 Å². The largest absolute Gasteiger partial charge is 0.497 e. The Morgan fingerprint density at radius 2 is 2.33 bits per heavy atom. The molecule has 1 aliphatic rings. The SMILES string of the molecule is COc1ccc2c(c1)OC[C@H](CNC(=O)CCn1nccc1C)C2. The van der Waals surface area contributed by atoms with Crippen LogP contribution < -0.4 is 14.8 Å². The third-order valence-electron chi connectivity index (χ3n) is 4.32. The summed E-state index contributed by atoms with van der Waals surface area (Å²) in [5.74, 6) is 2.02. The van der Waals surface area contributed by atoms with Gasteiger partial charge in [0.2, 0.25) is 5.91 Å². The van der Waals surface area contributed by atoms with E-state index >= 15 is 0 Å². The monoisotopic (exact) mass is 329 g/mol. The first-order chi connectivity index (χ1) is 11.7. The Labute approximate surface area is 141 Å². The number of hydrogen-bond acceptors (Lipinski definition) is 4. The van der Waals surface area contributed by atoms with E-state index in [0.29, 0.717) is 32.0 Å². The predicted molar refractivity (Wildman–Crippen MR) is 90.3 cm³/mol. The number of nitrogens with zero attached hydrogens (tertiary/aromatic N) is 2. The fourth-order valence-corrected chi connectivity index (χ4v) is 2.86. The molecule has 0 saturated carbocycles. The minimum absolute atomic E-state index is 0.0467. The van der Waals surface area contributed by atoms with E-state index in [1.54, 1.807) is 13.3 Å². The zero-order valence-electron chi connectivity index (χ0n) is 14.1. The van der Waals surface area contributed by atoms with Crippen LogP contribution in [-0.4, -0.2) is 35.9 Å². The van der Waals surface area contributed by atoms with Gasteiger partial charge in [-0.05, 0) is 31.0 Å². The standard InChI is InChI=1S/C18H23N3O3/c1-13-5-7-20-21(13)8-6-18(22)19-11-14-9-15-3-4-16(23-2)10-17(15)24-12-14/h3-5,7,10,14H,6,8-9,11-12H2,1-2H3,(H,19,22)/t14-/m0/s1. The van der Waals surface area contributed by atoms with Crippen molar-refractivity contribution in [3.05, 3.63) is 41.7 Å². The molecule has 2 heterocycles. The van der Waals surface area contributed by atoms with Gasteiger partial charge in [0.1, 0.15) is 11.5 Å². The highest BCUT2D eigenvalue weighted by atomic mass is 16.5. The van der Waals surface area contributed by atoms with Crippen molar-refractivity contribution in [3.8, 4) is 11.5 Å². The topological polar surface area (TPSA) is 65.4 Å². The lowest BCUT2D eigenvalue weighted by Crippen LogP contribution is -2.35. The molecule has 1 atom stereocenters. The van der Waals surface area contributed by atoms with Gasteiger partial charge in [0.25, 0.3) is 0 Å². The molecule has 1 amide bonds. The second-order valence-corrected chi connectivity index (χ2v) is 6.10. The second kappa shape index (κ2) is 7.38. The molecule has 0 aliphatic carbocycles. The van der Waals surface area contributed by atoms with Gasteiger partial charge in [-0.1, -0.05) is 6.07 Å². The summed E-state index contributed by atoms with van der Waals surface area (Å²) >= 11 is 0. The number of nitrogens with one attached hydrogen (secondary N) is 1. The number of rotatable bonds is 6. The van der Waals surface area contributed by atoms with Gasteiger partial charge >= 0.3 is 0 Å². The van der Waals surface area contributed by atoms with Crippen LogP contribution in [-0.2, 0) is 17.8 Å². The maximum absolute atomic E-state index is 12.0. The molecule has 1 N–H and O–H groups in total. The molecule has 3 rings (SSSR count). The van der Waals surface area contributed by atoms with Crippen LogP contribution >= 0.6 is 0 Å². The number of carbonyl (C=O) groups is 1. The Kier molecular flexibility index (Phi) is 5.03. The molecular weight excluding hydrogens is 306 g/mol. The average Bonchev–Trinajstić information content (AvgIpc) is 3.02. The van der Waals surface area contributed by atoms with Crippen LogP contribution in [0.15, 0.2) is 30.5 Å². The lowest BCUT2D eigenvalue weighted by atomic mass is 9.96. The number of benzene rings is 1. The summed E-state index contributed by atoms with van der Waals surface area (Å²) in [6.45, 7) is 3.83. The lowest BCUT2D eigenvalue weighted by molar-refractivity contribution is -0.121. The molecule has 0 unspecified atom stereocenters. The normalized spacial score (nSPS) is 16.2. The Morgan fingerprint density at radius 1 is 1.46 bits per heavy atom. The molecule has 1 aromatic heterocycles. The number of hydrogen-bond donors (Lipinski definition) is 1. The lowest BCUT2D eigenvalue weighted by Gasteiger charge is -2.25. The highest BCUT2D eigenvalue weighted by Crippen LogP contribution is 2.30. The fraction of sp³-hybridized carbons (Fsp3) is 0.444. The van der Waals surface area contributed by atoms with Gasteiger partial charge < -0.3 is 14.8 Å². The smallest absolute Gasteiger partial charge is 0.221 e. The summed E-state index contributed by atoms with van der Waals surface area (Å²) in [4.78, 5) is 12.0. The van der Waals surface area contributed by atoms with E-state index in [2.05, 4.69) is 10.4 Å². The first-order valence-electron chi connectivity index (χ1n) is 8.20. The second-order valence-electron chi connectivity index (χ2n) is 6.10. The van der Waals surface area contributed by atoms with Crippen molar-refractivity contribution in [2.24, 2.45) is 5.92 Å². The minimum Gasteiger partial charge on any atom is -0.497 e. The number of amides is 1. The number of ether oxygens (including phenoxy) is 2. The van der Waals surface area contributed by atoms with Crippen LogP contribution in [0.4, 0.5) is 0 Å². The molecule has 1 aliphatic heterocycles. The van der Waals surface area contributed by atoms with Crippen molar-refractivity contribution < 1.29 is 14.3 Å². The Balaban J connectivity index is 1.45. The van der Waals surface area contributed by atoms with Crippen molar-refractivity contribution in [2.75, 3.05) is 20.3 Å². The molecule has 0 bridgehead atoms. The summed E-state index contributed by atoms with van der Waals surface area (Å²) < 4.78 is 12.8. The van der Waals surface area contributed by atoms with Crippen molar-refractivity contribution in [2.45, 2.75) is 26.3 Å². The summed E-state index contributed by atoms with van der Waals surface area (Å²) in [5.41, 5.74) is 2.23. The molecule has 24 heavy (non-hydrogen) atoms. The third kappa shape index (κ3) is 3.88. The highest BCUT2D eigenvalue weighted by Gasteiger charge is 2.21. The molecule has 6 heteroatoms. The summed E-state index contributed by atoms with van der Waals surface area (Å²) in [6, 6.07) is 7.82. The quantitative estimate of drug-likeness (QED) is 0.880. The van der Waals surface area contributed by atoms with Crippen molar-refractivity contribution >= 4 is 5.91 Å². The van der Waals surface area contributed by atoms with E-state index in [1.807, 2.05) is 35.9 Å². The summed E-state index contributed by atoms with van der Waals surface area (Å²) in [5, 5.41) is 7.19. The molecule has 2 aromatic rings. The molecule has 1 aromatic carbocycles. The van der Waals surface area contributed by atoms with Crippen LogP contribution in [0.3, 0.4) is 0 Å². The minimum atomic E-state index is 0.0467. The highest BCUT2D eigenvalue weighted by molar-refractivity contribution is 5.75. The van der Waals surface area contributed by atoms with E-state index in [-0.39, 0.29) is 5.91 Å². The van der Waals surface area contributed by atoms with Crippen molar-refractivity contribution in [1.82, 2.24) is 15.1 Å². The van der Waals surface area contributed by atoms with Crippen LogP contribution in [0.5, 0.6) is 11.5 Å². The van der Waals surface area contributed by atoms with Crippen LogP contribution in [0.2, 0.25) is 0 Å². The summed E-state index contributed by atoms with van der Waals surface area (Å²) in [6.07, 6.45) is 3.08. The number of carbonyl (C=O) groups excluding carboxylic acids is 1. The Hall–Kier alpha value is -2.50.